The predicted molar refractivity (Wildman–Crippen MR) is 110 cm³/mol. The SMILES string of the molecule is CCn1cc(NC(=O)c2ccc(OC)c([N+](=O)[O-])c2)c(C(=O)Nc2ccccc2)n1. The fraction of sp³-hybridized carbons (Fsp3) is 0.150. The first-order valence-electron chi connectivity index (χ1n) is 9.00. The Balaban J connectivity index is 1.87. The van der Waals surface area contributed by atoms with Gasteiger partial charge in [-0.05, 0) is 31.2 Å². The van der Waals surface area contributed by atoms with Crippen LogP contribution in [0.5, 0.6) is 5.75 Å². The molecule has 0 aliphatic carbocycles. The van der Waals surface area contributed by atoms with Crippen LogP contribution in [0.15, 0.2) is 54.7 Å². The number of rotatable bonds is 7. The maximum Gasteiger partial charge on any atom is 0.311 e. The van der Waals surface area contributed by atoms with Crippen molar-refractivity contribution in [3.63, 3.8) is 0 Å². The molecule has 2 N–H and O–H groups in total. The molecule has 0 aliphatic heterocycles. The predicted octanol–water partition coefficient (Wildman–Crippen LogP) is 3.32. The molecule has 2 amide bonds. The number of carbonyl (C=O) groups excluding carboxylic acids is 2. The van der Waals surface area contributed by atoms with Gasteiger partial charge in [0.05, 0.1) is 17.7 Å². The lowest BCUT2D eigenvalue weighted by Crippen LogP contribution is -2.18. The zero-order valence-electron chi connectivity index (χ0n) is 16.3. The zero-order chi connectivity index (χ0) is 21.7. The second-order valence-electron chi connectivity index (χ2n) is 6.17. The Morgan fingerprint density at radius 3 is 2.50 bits per heavy atom. The van der Waals surface area contributed by atoms with E-state index in [1.54, 1.807) is 24.3 Å². The highest BCUT2D eigenvalue weighted by Gasteiger charge is 2.22. The lowest BCUT2D eigenvalue weighted by molar-refractivity contribution is -0.385. The molecule has 0 aliphatic rings. The van der Waals surface area contributed by atoms with Crippen molar-refractivity contribution in [2.45, 2.75) is 13.5 Å². The van der Waals surface area contributed by atoms with E-state index in [2.05, 4.69) is 15.7 Å². The van der Waals surface area contributed by atoms with Crippen LogP contribution in [0, 0.1) is 10.1 Å². The third-order valence-electron chi connectivity index (χ3n) is 4.22. The molecular formula is C20H19N5O5. The van der Waals surface area contributed by atoms with Crippen molar-refractivity contribution in [1.29, 1.82) is 0 Å². The van der Waals surface area contributed by atoms with E-state index in [0.717, 1.165) is 6.07 Å². The summed E-state index contributed by atoms with van der Waals surface area (Å²) in [4.78, 5) is 35.9. The highest BCUT2D eigenvalue weighted by molar-refractivity contribution is 6.11. The zero-order valence-corrected chi connectivity index (χ0v) is 16.3. The van der Waals surface area contributed by atoms with E-state index in [0.29, 0.717) is 12.2 Å². The fourth-order valence-corrected chi connectivity index (χ4v) is 2.72. The van der Waals surface area contributed by atoms with Crippen LogP contribution in [0.4, 0.5) is 17.1 Å². The highest BCUT2D eigenvalue weighted by atomic mass is 16.6. The molecule has 1 aromatic heterocycles. The fourth-order valence-electron chi connectivity index (χ4n) is 2.72. The molecule has 0 radical (unpaired) electrons. The number of aryl methyl sites for hydroxylation is 1. The molecular weight excluding hydrogens is 390 g/mol. The molecule has 0 unspecified atom stereocenters. The number of benzene rings is 2. The molecule has 0 saturated heterocycles. The third kappa shape index (κ3) is 4.43. The second kappa shape index (κ2) is 8.86. The summed E-state index contributed by atoms with van der Waals surface area (Å²) in [5.41, 5.74) is 0.500. The van der Waals surface area contributed by atoms with Crippen LogP contribution in [0.1, 0.15) is 27.8 Å². The van der Waals surface area contributed by atoms with Gasteiger partial charge in [0, 0.05) is 30.1 Å². The molecule has 30 heavy (non-hydrogen) atoms. The summed E-state index contributed by atoms with van der Waals surface area (Å²) < 4.78 is 6.45. The van der Waals surface area contributed by atoms with Gasteiger partial charge < -0.3 is 15.4 Å². The quantitative estimate of drug-likeness (QED) is 0.455. The monoisotopic (exact) mass is 409 g/mol. The van der Waals surface area contributed by atoms with Gasteiger partial charge in [-0.1, -0.05) is 18.2 Å². The van der Waals surface area contributed by atoms with Crippen LogP contribution >= 0.6 is 0 Å². The van der Waals surface area contributed by atoms with Gasteiger partial charge in [0.15, 0.2) is 11.4 Å². The van der Waals surface area contributed by atoms with Crippen LogP contribution in [0.25, 0.3) is 0 Å². The number of hydrogen-bond acceptors (Lipinski definition) is 6. The van der Waals surface area contributed by atoms with E-state index in [-0.39, 0.29) is 28.4 Å². The number of carbonyl (C=O) groups is 2. The average Bonchev–Trinajstić information content (AvgIpc) is 3.16. The Kier molecular flexibility index (Phi) is 6.06. The summed E-state index contributed by atoms with van der Waals surface area (Å²) in [5.74, 6) is -1.08. The highest BCUT2D eigenvalue weighted by Crippen LogP contribution is 2.28. The molecule has 10 heteroatoms. The number of nitro groups is 1. The minimum atomic E-state index is -0.635. The Hall–Kier alpha value is -4.21. The van der Waals surface area contributed by atoms with E-state index in [1.165, 1.54) is 30.1 Å². The van der Waals surface area contributed by atoms with Crippen molar-refractivity contribution in [3.05, 3.63) is 76.1 Å². The van der Waals surface area contributed by atoms with Crippen LogP contribution in [0.3, 0.4) is 0 Å². The first-order chi connectivity index (χ1) is 14.4. The van der Waals surface area contributed by atoms with Gasteiger partial charge in [0.25, 0.3) is 11.8 Å². The van der Waals surface area contributed by atoms with Gasteiger partial charge in [-0.15, -0.1) is 0 Å². The topological polar surface area (TPSA) is 128 Å². The van der Waals surface area contributed by atoms with Crippen molar-refractivity contribution in [1.82, 2.24) is 9.78 Å². The van der Waals surface area contributed by atoms with E-state index in [9.17, 15) is 19.7 Å². The number of amides is 2. The van der Waals surface area contributed by atoms with Gasteiger partial charge >= 0.3 is 5.69 Å². The molecule has 0 fully saturated rings. The molecule has 3 aromatic rings. The van der Waals surface area contributed by atoms with E-state index >= 15 is 0 Å². The molecule has 0 atom stereocenters. The van der Waals surface area contributed by atoms with Gasteiger partial charge in [-0.25, -0.2) is 0 Å². The number of hydrogen-bond donors (Lipinski definition) is 2. The maximum atomic E-state index is 12.7. The average molecular weight is 409 g/mol. The second-order valence-corrected chi connectivity index (χ2v) is 6.17. The number of nitrogens with one attached hydrogen (secondary N) is 2. The number of anilines is 2. The van der Waals surface area contributed by atoms with Crippen LogP contribution in [0.2, 0.25) is 0 Å². The normalized spacial score (nSPS) is 10.3. The van der Waals surface area contributed by atoms with Crippen molar-refractivity contribution in [2.75, 3.05) is 17.7 Å². The standard InChI is InChI=1S/C20H19N5O5/c1-3-24-12-15(18(23-24)20(27)21-14-7-5-4-6-8-14)22-19(26)13-9-10-17(30-2)16(11-13)25(28)29/h4-12H,3H2,1-2H3,(H,21,27)(H,22,26). The number of methoxy groups -OCH3 is 1. The van der Waals surface area contributed by atoms with Crippen molar-refractivity contribution in [2.24, 2.45) is 0 Å². The lowest BCUT2D eigenvalue weighted by atomic mass is 10.1. The van der Waals surface area contributed by atoms with Crippen molar-refractivity contribution in [3.8, 4) is 5.75 Å². The first kappa shape index (κ1) is 20.5. The number of nitro benzene ring substituents is 1. The summed E-state index contributed by atoms with van der Waals surface area (Å²) in [5, 5.41) is 20.7. The number of nitrogens with zero attached hydrogens (tertiary/aromatic N) is 3. The maximum absolute atomic E-state index is 12.7. The van der Waals surface area contributed by atoms with E-state index in [1.807, 2.05) is 13.0 Å². The third-order valence-corrected chi connectivity index (χ3v) is 4.22. The number of aromatic nitrogens is 2. The first-order valence-corrected chi connectivity index (χ1v) is 9.00. The van der Waals surface area contributed by atoms with Gasteiger partial charge in [0.2, 0.25) is 0 Å². The molecule has 0 bridgehead atoms. The Morgan fingerprint density at radius 1 is 1.13 bits per heavy atom. The number of para-hydroxylation sites is 1. The Morgan fingerprint density at radius 2 is 1.87 bits per heavy atom. The van der Waals surface area contributed by atoms with E-state index in [4.69, 9.17) is 4.74 Å². The van der Waals surface area contributed by atoms with Crippen LogP contribution < -0.4 is 15.4 Å². The largest absolute Gasteiger partial charge is 0.490 e. The summed E-state index contributed by atoms with van der Waals surface area (Å²) in [6.45, 7) is 2.32. The van der Waals surface area contributed by atoms with Crippen LogP contribution in [-0.4, -0.2) is 33.6 Å². The molecule has 3 rings (SSSR count). The van der Waals surface area contributed by atoms with E-state index < -0.39 is 16.7 Å². The van der Waals surface area contributed by atoms with Crippen LogP contribution in [-0.2, 0) is 6.54 Å². The van der Waals surface area contributed by atoms with Gasteiger partial charge in [-0.2, -0.15) is 5.10 Å². The van der Waals surface area contributed by atoms with Gasteiger partial charge in [0.1, 0.15) is 0 Å². The molecule has 154 valence electrons. The summed E-state index contributed by atoms with van der Waals surface area (Å²) in [6.07, 6.45) is 1.52. The molecule has 0 spiro atoms. The number of ether oxygens (including phenoxy) is 1. The Labute approximate surface area is 171 Å². The molecule has 10 nitrogen and oxygen atoms in total. The lowest BCUT2D eigenvalue weighted by Gasteiger charge is -2.07. The summed E-state index contributed by atoms with van der Waals surface area (Å²) in [6, 6.07) is 12.7. The minimum Gasteiger partial charge on any atom is -0.490 e. The summed E-state index contributed by atoms with van der Waals surface area (Å²) >= 11 is 0. The Bertz CT molecular complexity index is 1090. The molecule has 2 aromatic carbocycles. The minimum absolute atomic E-state index is 0.0251. The van der Waals surface area contributed by atoms with Gasteiger partial charge in [-0.3, -0.25) is 24.4 Å². The molecule has 0 saturated carbocycles. The molecule has 1 heterocycles. The summed E-state index contributed by atoms with van der Waals surface area (Å²) in [7, 11) is 1.30. The van der Waals surface area contributed by atoms with Crippen molar-refractivity contribution >= 4 is 28.9 Å². The van der Waals surface area contributed by atoms with Crippen molar-refractivity contribution < 1.29 is 19.2 Å². The smallest absolute Gasteiger partial charge is 0.311 e.